The summed E-state index contributed by atoms with van der Waals surface area (Å²) in [5, 5.41) is 0. The van der Waals surface area contributed by atoms with Gasteiger partial charge in [0.2, 0.25) is 0 Å². The molecule has 0 heterocycles. The summed E-state index contributed by atoms with van der Waals surface area (Å²) in [6.45, 7) is 0. The highest BCUT2D eigenvalue weighted by atomic mass is 32.2. The zero-order valence-corrected chi connectivity index (χ0v) is 7.66. The molecule has 0 aromatic carbocycles. The highest BCUT2D eigenvalue weighted by Gasteiger charge is 2.20. The van der Waals surface area contributed by atoms with Crippen molar-refractivity contribution in [3.63, 3.8) is 0 Å². The van der Waals surface area contributed by atoms with Crippen LogP contribution in [-0.2, 0) is 0 Å². The first-order chi connectivity index (χ1) is 5.36. The van der Waals surface area contributed by atoms with Gasteiger partial charge in [0.1, 0.15) is 5.84 Å². The van der Waals surface area contributed by atoms with Crippen LogP contribution in [0.3, 0.4) is 0 Å². The molecule has 11 heavy (non-hydrogen) atoms. The Balaban J connectivity index is 2.22. The van der Waals surface area contributed by atoms with Crippen LogP contribution in [0.15, 0.2) is 4.99 Å². The summed E-state index contributed by atoms with van der Waals surface area (Å²) in [6.07, 6.45) is 5.54. The van der Waals surface area contributed by atoms with Crippen LogP contribution in [0.5, 0.6) is 0 Å². The van der Waals surface area contributed by atoms with Crippen molar-refractivity contribution in [2.75, 3.05) is 12.0 Å². The van der Waals surface area contributed by atoms with Crippen LogP contribution in [0.2, 0.25) is 0 Å². The Kier molecular flexibility index (Phi) is 3.72. The summed E-state index contributed by atoms with van der Waals surface area (Å²) in [7, 11) is 0. The lowest BCUT2D eigenvalue weighted by molar-refractivity contribution is 0.935. The number of amidine groups is 1. The Morgan fingerprint density at radius 3 is 2.91 bits per heavy atom. The molecule has 64 valence electrons. The maximum absolute atomic E-state index is 5.30. The smallest absolute Gasteiger partial charge is 0.111 e. The van der Waals surface area contributed by atoms with Gasteiger partial charge in [-0.05, 0) is 19.1 Å². The summed E-state index contributed by atoms with van der Waals surface area (Å²) < 4.78 is 0. The van der Waals surface area contributed by atoms with E-state index in [9.17, 15) is 0 Å². The van der Waals surface area contributed by atoms with E-state index >= 15 is 0 Å². The van der Waals surface area contributed by atoms with Crippen molar-refractivity contribution in [1.29, 1.82) is 0 Å². The molecule has 1 rings (SSSR count). The van der Waals surface area contributed by atoms with Gasteiger partial charge in [0.05, 0.1) is 6.04 Å². The van der Waals surface area contributed by atoms with Crippen molar-refractivity contribution in [1.82, 2.24) is 5.43 Å². The van der Waals surface area contributed by atoms with E-state index in [1.54, 1.807) is 0 Å². The molecule has 0 aliphatic heterocycles. The molecule has 0 aromatic heterocycles. The monoisotopic (exact) mass is 173 g/mol. The lowest BCUT2D eigenvalue weighted by Gasteiger charge is -2.02. The molecule has 4 heteroatoms. The molecule has 0 spiro atoms. The third-order valence-corrected chi connectivity index (χ3v) is 2.21. The van der Waals surface area contributed by atoms with Gasteiger partial charge >= 0.3 is 0 Å². The number of nitrogens with two attached hydrogens (primary N) is 1. The molecule has 0 atom stereocenters. The minimum absolute atomic E-state index is 0.572. The minimum Gasteiger partial charge on any atom is -0.312 e. The largest absolute Gasteiger partial charge is 0.312 e. The van der Waals surface area contributed by atoms with Gasteiger partial charge in [0, 0.05) is 12.2 Å². The van der Waals surface area contributed by atoms with Gasteiger partial charge in [0.15, 0.2) is 0 Å². The van der Waals surface area contributed by atoms with Gasteiger partial charge in [-0.25, -0.2) is 5.84 Å². The molecule has 1 fully saturated rings. The summed E-state index contributed by atoms with van der Waals surface area (Å²) in [6, 6.07) is 0.572. The molecular weight excluding hydrogens is 158 g/mol. The SMILES string of the molecule is CSCCC(=NC1CC1)NN. The van der Waals surface area contributed by atoms with Crippen molar-refractivity contribution in [3.05, 3.63) is 0 Å². The maximum atomic E-state index is 5.30. The molecule has 3 nitrogen and oxygen atoms in total. The van der Waals surface area contributed by atoms with E-state index < -0.39 is 0 Å². The number of hydrogen-bond donors (Lipinski definition) is 2. The molecule has 0 aromatic rings. The predicted octanol–water partition coefficient (Wildman–Crippen LogP) is 0.764. The first-order valence-electron chi connectivity index (χ1n) is 3.89. The Labute approximate surface area is 71.8 Å². The number of thioether (sulfide) groups is 1. The minimum atomic E-state index is 0.572. The first-order valence-corrected chi connectivity index (χ1v) is 5.28. The topological polar surface area (TPSA) is 50.4 Å². The van der Waals surface area contributed by atoms with Crippen LogP contribution in [0.25, 0.3) is 0 Å². The molecule has 0 radical (unpaired) electrons. The molecule has 1 saturated carbocycles. The van der Waals surface area contributed by atoms with Crippen molar-refractivity contribution in [2.24, 2.45) is 10.8 Å². The van der Waals surface area contributed by atoms with E-state index in [1.807, 2.05) is 11.8 Å². The second-order valence-corrected chi connectivity index (χ2v) is 3.68. The fraction of sp³-hybridized carbons (Fsp3) is 0.857. The average Bonchev–Trinajstić information content (AvgIpc) is 2.81. The summed E-state index contributed by atoms with van der Waals surface area (Å²) in [5.74, 6) is 7.35. The molecule has 0 amide bonds. The first kappa shape index (κ1) is 8.87. The normalized spacial score (nSPS) is 18.5. The highest BCUT2D eigenvalue weighted by Crippen LogP contribution is 2.23. The third-order valence-electron chi connectivity index (χ3n) is 1.59. The summed E-state index contributed by atoms with van der Waals surface area (Å²) in [5.41, 5.74) is 2.64. The van der Waals surface area contributed by atoms with E-state index in [0.29, 0.717) is 6.04 Å². The quantitative estimate of drug-likeness (QED) is 0.286. The van der Waals surface area contributed by atoms with Gasteiger partial charge in [0.25, 0.3) is 0 Å². The molecule has 3 N–H and O–H groups in total. The molecular formula is C7H15N3S. The van der Waals surface area contributed by atoms with E-state index in [2.05, 4.69) is 16.7 Å². The van der Waals surface area contributed by atoms with Gasteiger partial charge in [-0.15, -0.1) is 0 Å². The number of rotatable bonds is 4. The zero-order valence-electron chi connectivity index (χ0n) is 6.84. The Hall–Kier alpha value is -0.220. The Bertz CT molecular complexity index is 143. The van der Waals surface area contributed by atoms with E-state index in [-0.39, 0.29) is 0 Å². The lowest BCUT2D eigenvalue weighted by Crippen LogP contribution is -2.31. The van der Waals surface area contributed by atoms with Gasteiger partial charge < -0.3 is 5.43 Å². The Morgan fingerprint density at radius 2 is 2.45 bits per heavy atom. The molecule has 1 aliphatic rings. The van der Waals surface area contributed by atoms with E-state index in [0.717, 1.165) is 18.0 Å². The van der Waals surface area contributed by atoms with Crippen molar-refractivity contribution < 1.29 is 0 Å². The average molecular weight is 173 g/mol. The van der Waals surface area contributed by atoms with Crippen LogP contribution in [0.4, 0.5) is 0 Å². The number of aliphatic imine (C=N–C) groups is 1. The second kappa shape index (κ2) is 4.62. The number of nitrogens with zero attached hydrogens (tertiary/aromatic N) is 1. The molecule has 0 saturated heterocycles. The lowest BCUT2D eigenvalue weighted by atomic mass is 10.4. The molecule has 1 aliphatic carbocycles. The van der Waals surface area contributed by atoms with Gasteiger partial charge in [-0.1, -0.05) is 0 Å². The van der Waals surface area contributed by atoms with Crippen LogP contribution >= 0.6 is 11.8 Å². The zero-order chi connectivity index (χ0) is 8.10. The molecule has 0 unspecified atom stereocenters. The molecule has 0 bridgehead atoms. The van der Waals surface area contributed by atoms with Crippen LogP contribution in [-0.4, -0.2) is 23.9 Å². The standard InChI is InChI=1S/C7H15N3S/c1-11-5-4-7(10-8)9-6-2-3-6/h6H,2-5,8H2,1H3,(H,9,10). The van der Waals surface area contributed by atoms with E-state index in [4.69, 9.17) is 5.84 Å². The summed E-state index contributed by atoms with van der Waals surface area (Å²) in [4.78, 5) is 4.41. The fourth-order valence-electron chi connectivity index (χ4n) is 0.797. The number of hydrazine groups is 1. The number of hydrogen-bond acceptors (Lipinski definition) is 3. The van der Waals surface area contributed by atoms with Crippen molar-refractivity contribution >= 4 is 17.6 Å². The predicted molar refractivity (Wildman–Crippen MR) is 50.8 cm³/mol. The fourth-order valence-corrected chi connectivity index (χ4v) is 1.19. The van der Waals surface area contributed by atoms with Crippen LogP contribution in [0, 0.1) is 0 Å². The van der Waals surface area contributed by atoms with Crippen LogP contribution in [0.1, 0.15) is 19.3 Å². The third kappa shape index (κ3) is 3.62. The van der Waals surface area contributed by atoms with Crippen molar-refractivity contribution in [3.8, 4) is 0 Å². The summed E-state index contributed by atoms with van der Waals surface area (Å²) >= 11 is 1.82. The van der Waals surface area contributed by atoms with Crippen molar-refractivity contribution in [2.45, 2.75) is 25.3 Å². The maximum Gasteiger partial charge on any atom is 0.111 e. The highest BCUT2D eigenvalue weighted by molar-refractivity contribution is 7.98. The second-order valence-electron chi connectivity index (χ2n) is 2.69. The van der Waals surface area contributed by atoms with Crippen LogP contribution < -0.4 is 11.3 Å². The van der Waals surface area contributed by atoms with Gasteiger partial charge in [-0.2, -0.15) is 11.8 Å². The number of nitrogens with one attached hydrogen (secondary N) is 1. The van der Waals surface area contributed by atoms with Gasteiger partial charge in [-0.3, -0.25) is 4.99 Å². The van der Waals surface area contributed by atoms with E-state index in [1.165, 1.54) is 12.8 Å². The Morgan fingerprint density at radius 1 is 1.73 bits per heavy atom.